The number of alkyl halides is 1. The number of likely N-dealkylation sites (N-methyl/N-ethyl adjacent to an activating group) is 1. The predicted octanol–water partition coefficient (Wildman–Crippen LogP) is 3.03. The van der Waals surface area contributed by atoms with Gasteiger partial charge >= 0.3 is 0 Å². The molecule has 2 aromatic rings. The van der Waals surface area contributed by atoms with Crippen molar-refractivity contribution < 1.29 is 0 Å². The fourth-order valence-corrected chi connectivity index (χ4v) is 2.22. The van der Waals surface area contributed by atoms with E-state index in [-0.39, 0.29) is 0 Å². The van der Waals surface area contributed by atoms with E-state index in [1.54, 1.807) is 0 Å². The maximum atomic E-state index is 6.01. The molecule has 0 radical (unpaired) electrons. The Labute approximate surface area is 113 Å². The van der Waals surface area contributed by atoms with Gasteiger partial charge in [0.15, 0.2) is 0 Å². The number of benzene rings is 1. The quantitative estimate of drug-likeness (QED) is 0.793. The molecular weight excluding hydrogens is 246 g/mol. The molecule has 1 aromatic heterocycles. The summed E-state index contributed by atoms with van der Waals surface area (Å²) >= 11 is 6.01. The third-order valence-corrected chi connectivity index (χ3v) is 3.67. The van der Waals surface area contributed by atoms with E-state index >= 15 is 0 Å². The molecule has 0 aliphatic heterocycles. The van der Waals surface area contributed by atoms with E-state index in [4.69, 9.17) is 11.6 Å². The molecule has 1 unspecified atom stereocenters. The second kappa shape index (κ2) is 5.29. The minimum Gasteiger partial charge on any atom is -0.325 e. The summed E-state index contributed by atoms with van der Waals surface area (Å²) in [5.74, 6) is 1.40. The molecule has 1 heterocycles. The summed E-state index contributed by atoms with van der Waals surface area (Å²) in [5, 5.41) is 0. The van der Waals surface area contributed by atoms with Crippen LogP contribution in [-0.4, -0.2) is 34.6 Å². The summed E-state index contributed by atoms with van der Waals surface area (Å²) in [6, 6.07) is 6.79. The third kappa shape index (κ3) is 2.52. The van der Waals surface area contributed by atoms with Crippen LogP contribution in [0.5, 0.6) is 0 Å². The predicted molar refractivity (Wildman–Crippen MR) is 77.2 cm³/mol. The van der Waals surface area contributed by atoms with Gasteiger partial charge in [-0.1, -0.05) is 6.07 Å². The molecule has 0 amide bonds. The van der Waals surface area contributed by atoms with Gasteiger partial charge in [-0.05, 0) is 45.6 Å². The molecule has 0 N–H and O–H groups in total. The number of nitrogens with zero attached hydrogens (tertiary/aromatic N) is 3. The van der Waals surface area contributed by atoms with Gasteiger partial charge in [0, 0.05) is 12.6 Å². The van der Waals surface area contributed by atoms with Crippen molar-refractivity contribution in [2.75, 3.05) is 14.1 Å². The molecular formula is C14H20ClN3. The fraction of sp³-hybridized carbons (Fsp3) is 0.500. The summed E-state index contributed by atoms with van der Waals surface area (Å²) in [6.45, 7) is 5.22. The number of hydrogen-bond donors (Lipinski definition) is 0. The SMILES string of the molecule is Cc1ccc2nc(CCl)n(CC(C)N(C)C)c2c1. The third-order valence-electron chi connectivity index (χ3n) is 3.43. The number of hydrogen-bond acceptors (Lipinski definition) is 2. The highest BCUT2D eigenvalue weighted by Gasteiger charge is 2.13. The minimum atomic E-state index is 0.449. The number of aromatic nitrogens is 2. The highest BCUT2D eigenvalue weighted by atomic mass is 35.5. The van der Waals surface area contributed by atoms with Crippen LogP contribution in [0.15, 0.2) is 18.2 Å². The first kappa shape index (κ1) is 13.4. The Bertz CT molecular complexity index is 545. The highest BCUT2D eigenvalue weighted by Crippen LogP contribution is 2.20. The lowest BCUT2D eigenvalue weighted by molar-refractivity contribution is 0.284. The largest absolute Gasteiger partial charge is 0.325 e. The van der Waals surface area contributed by atoms with Gasteiger partial charge < -0.3 is 9.47 Å². The summed E-state index contributed by atoms with van der Waals surface area (Å²) < 4.78 is 2.24. The number of aryl methyl sites for hydroxylation is 1. The maximum absolute atomic E-state index is 6.01. The van der Waals surface area contributed by atoms with Gasteiger partial charge in [0.25, 0.3) is 0 Å². The Hall–Kier alpha value is -1.06. The van der Waals surface area contributed by atoms with E-state index in [0.717, 1.165) is 17.9 Å². The van der Waals surface area contributed by atoms with Crippen molar-refractivity contribution in [1.82, 2.24) is 14.5 Å². The van der Waals surface area contributed by atoms with Crippen LogP contribution in [0.2, 0.25) is 0 Å². The zero-order chi connectivity index (χ0) is 13.3. The molecule has 98 valence electrons. The van der Waals surface area contributed by atoms with Crippen LogP contribution >= 0.6 is 11.6 Å². The van der Waals surface area contributed by atoms with E-state index in [0.29, 0.717) is 11.9 Å². The lowest BCUT2D eigenvalue weighted by Crippen LogP contribution is -2.29. The summed E-state index contributed by atoms with van der Waals surface area (Å²) in [4.78, 5) is 6.81. The topological polar surface area (TPSA) is 21.1 Å². The van der Waals surface area contributed by atoms with Crippen LogP contribution in [-0.2, 0) is 12.4 Å². The van der Waals surface area contributed by atoms with Crippen molar-refractivity contribution in [2.45, 2.75) is 32.3 Å². The summed E-state index contributed by atoms with van der Waals surface area (Å²) in [6.07, 6.45) is 0. The van der Waals surface area contributed by atoms with E-state index in [1.807, 2.05) is 0 Å². The molecule has 0 saturated carbocycles. The molecule has 0 aliphatic rings. The first-order chi connectivity index (χ1) is 8.52. The van der Waals surface area contributed by atoms with Crippen molar-refractivity contribution in [3.8, 4) is 0 Å². The zero-order valence-electron chi connectivity index (χ0n) is 11.4. The van der Waals surface area contributed by atoms with E-state index in [2.05, 4.69) is 60.6 Å². The van der Waals surface area contributed by atoms with Gasteiger partial charge in [-0.25, -0.2) is 4.98 Å². The molecule has 0 aliphatic carbocycles. The monoisotopic (exact) mass is 265 g/mol. The molecule has 1 atom stereocenters. The number of fused-ring (bicyclic) bond motifs is 1. The number of rotatable bonds is 4. The van der Waals surface area contributed by atoms with Crippen LogP contribution in [0.3, 0.4) is 0 Å². The van der Waals surface area contributed by atoms with Crippen LogP contribution < -0.4 is 0 Å². The van der Waals surface area contributed by atoms with Gasteiger partial charge in [0.1, 0.15) is 5.82 Å². The van der Waals surface area contributed by atoms with Crippen LogP contribution in [0.25, 0.3) is 11.0 Å². The highest BCUT2D eigenvalue weighted by molar-refractivity contribution is 6.16. The normalized spacial score (nSPS) is 13.4. The van der Waals surface area contributed by atoms with Crippen LogP contribution in [0.4, 0.5) is 0 Å². The summed E-state index contributed by atoms with van der Waals surface area (Å²) in [5.41, 5.74) is 3.46. The fourth-order valence-electron chi connectivity index (χ4n) is 2.02. The van der Waals surface area contributed by atoms with Gasteiger partial charge in [-0.15, -0.1) is 11.6 Å². The summed E-state index contributed by atoms with van der Waals surface area (Å²) in [7, 11) is 4.19. The first-order valence-corrected chi connectivity index (χ1v) is 6.74. The molecule has 0 spiro atoms. The molecule has 18 heavy (non-hydrogen) atoms. The van der Waals surface area contributed by atoms with E-state index in [9.17, 15) is 0 Å². The van der Waals surface area contributed by atoms with Crippen molar-refractivity contribution in [2.24, 2.45) is 0 Å². The van der Waals surface area contributed by atoms with Gasteiger partial charge in [-0.2, -0.15) is 0 Å². The molecule has 2 rings (SSSR count). The maximum Gasteiger partial charge on any atom is 0.124 e. The molecule has 1 aromatic carbocycles. The van der Waals surface area contributed by atoms with Crippen molar-refractivity contribution in [3.05, 3.63) is 29.6 Å². The van der Waals surface area contributed by atoms with Crippen molar-refractivity contribution in [3.63, 3.8) is 0 Å². The Balaban J connectivity index is 2.48. The Morgan fingerprint density at radius 3 is 2.72 bits per heavy atom. The first-order valence-electron chi connectivity index (χ1n) is 6.21. The smallest absolute Gasteiger partial charge is 0.124 e. The average Bonchev–Trinajstić information content (AvgIpc) is 2.67. The van der Waals surface area contributed by atoms with Gasteiger partial charge in [0.2, 0.25) is 0 Å². The van der Waals surface area contributed by atoms with Gasteiger partial charge in [0.05, 0.1) is 16.9 Å². The van der Waals surface area contributed by atoms with Gasteiger partial charge in [-0.3, -0.25) is 0 Å². The molecule has 4 heteroatoms. The lowest BCUT2D eigenvalue weighted by Gasteiger charge is -2.21. The van der Waals surface area contributed by atoms with E-state index < -0.39 is 0 Å². The van der Waals surface area contributed by atoms with Crippen LogP contribution in [0.1, 0.15) is 18.3 Å². The molecule has 0 saturated heterocycles. The zero-order valence-corrected chi connectivity index (χ0v) is 12.2. The van der Waals surface area contributed by atoms with Crippen LogP contribution in [0, 0.1) is 6.92 Å². The molecule has 0 bridgehead atoms. The minimum absolute atomic E-state index is 0.449. The second-order valence-corrected chi connectivity index (χ2v) is 5.34. The average molecular weight is 266 g/mol. The second-order valence-electron chi connectivity index (χ2n) is 5.08. The number of imidazole rings is 1. The van der Waals surface area contributed by atoms with Crippen molar-refractivity contribution in [1.29, 1.82) is 0 Å². The Kier molecular flexibility index (Phi) is 3.93. The Morgan fingerprint density at radius 2 is 2.11 bits per heavy atom. The molecule has 0 fully saturated rings. The Morgan fingerprint density at radius 1 is 1.39 bits per heavy atom. The number of halogens is 1. The lowest BCUT2D eigenvalue weighted by atomic mass is 10.2. The standard InChI is InChI=1S/C14H20ClN3/c1-10-5-6-12-13(7-10)18(14(8-15)16-12)9-11(2)17(3)4/h5-7,11H,8-9H2,1-4H3. The van der Waals surface area contributed by atoms with E-state index in [1.165, 1.54) is 11.1 Å². The van der Waals surface area contributed by atoms with Crippen molar-refractivity contribution >= 4 is 22.6 Å². The molecule has 3 nitrogen and oxygen atoms in total.